The molecule has 0 aliphatic heterocycles. The van der Waals surface area contributed by atoms with Gasteiger partial charge in [-0.25, -0.2) is 0 Å². The third kappa shape index (κ3) is 2.91. The molecule has 0 heterocycles. The predicted molar refractivity (Wildman–Crippen MR) is 60.7 cm³/mol. The maximum atomic E-state index is 8.57. The molecule has 0 fully saturated rings. The third-order valence-corrected chi connectivity index (χ3v) is 2.29. The molecule has 1 aromatic rings. The molecular weight excluding hydrogens is 224 g/mol. The highest BCUT2D eigenvalue weighted by Gasteiger charge is 2.02. The normalized spacial score (nSPS) is 8.69. The molecule has 4 nitrogen and oxygen atoms in total. The molecule has 0 saturated carbocycles. The van der Waals surface area contributed by atoms with E-state index in [1.807, 2.05) is 18.2 Å². The Labute approximate surface area is 98.5 Å². The number of hydrogen-bond acceptors (Lipinski definition) is 4. The summed E-state index contributed by atoms with van der Waals surface area (Å²) in [5.41, 5.74) is 6.23. The molecule has 0 aromatic heterocycles. The van der Waals surface area contributed by atoms with Gasteiger partial charge >= 0.3 is 0 Å². The van der Waals surface area contributed by atoms with Gasteiger partial charge in [0.25, 0.3) is 0 Å². The number of nitriles is 2. The van der Waals surface area contributed by atoms with Crippen LogP contribution in [0.2, 0.25) is 5.02 Å². The van der Waals surface area contributed by atoms with Crippen LogP contribution in [0.4, 0.5) is 0 Å². The summed E-state index contributed by atoms with van der Waals surface area (Å²) >= 11 is 5.93. The fourth-order valence-corrected chi connectivity index (χ4v) is 1.27. The Balaban J connectivity index is 2.74. The highest BCUT2D eigenvalue weighted by molar-refractivity contribution is 6.31. The van der Waals surface area contributed by atoms with Crippen molar-refractivity contribution in [2.75, 3.05) is 0 Å². The molecule has 5 heteroatoms. The molecule has 1 rings (SSSR count). The van der Waals surface area contributed by atoms with E-state index in [4.69, 9.17) is 27.9 Å². The summed E-state index contributed by atoms with van der Waals surface area (Å²) in [4.78, 5) is 0. The zero-order valence-electron chi connectivity index (χ0n) is 8.37. The second kappa shape index (κ2) is 5.65. The molecule has 0 atom stereocenters. The second-order valence-corrected chi connectivity index (χ2v) is 3.36. The number of rotatable bonds is 3. The maximum Gasteiger partial charge on any atom is 0.169 e. The van der Waals surface area contributed by atoms with Gasteiger partial charge in [0, 0.05) is 11.6 Å². The van der Waals surface area contributed by atoms with Crippen LogP contribution in [0.5, 0.6) is 0 Å². The molecular formula is C11H9ClN4. The van der Waals surface area contributed by atoms with Gasteiger partial charge in [-0.1, -0.05) is 29.8 Å². The number of nitrogens with one attached hydrogen (secondary N) is 1. The summed E-state index contributed by atoms with van der Waals surface area (Å²) in [6.45, 7) is 0.373. The van der Waals surface area contributed by atoms with Gasteiger partial charge in [-0.2, -0.15) is 10.5 Å². The third-order valence-electron chi connectivity index (χ3n) is 1.92. The van der Waals surface area contributed by atoms with Gasteiger partial charge < -0.3 is 11.1 Å². The number of hydrogen-bond donors (Lipinski definition) is 2. The molecule has 0 bridgehead atoms. The first-order valence-electron chi connectivity index (χ1n) is 4.46. The topological polar surface area (TPSA) is 85.6 Å². The van der Waals surface area contributed by atoms with E-state index < -0.39 is 0 Å². The van der Waals surface area contributed by atoms with E-state index in [0.29, 0.717) is 11.6 Å². The number of allylic oxidation sites excluding steroid dienone is 1. The van der Waals surface area contributed by atoms with Crippen molar-refractivity contribution in [1.29, 1.82) is 10.5 Å². The largest absolute Gasteiger partial charge is 0.384 e. The van der Waals surface area contributed by atoms with Gasteiger partial charge in [0.05, 0.1) is 0 Å². The van der Waals surface area contributed by atoms with E-state index in [9.17, 15) is 0 Å². The van der Waals surface area contributed by atoms with Crippen LogP contribution in [0.15, 0.2) is 35.7 Å². The lowest BCUT2D eigenvalue weighted by Gasteiger charge is -2.07. The predicted octanol–water partition coefficient (Wildman–Crippen LogP) is 1.65. The summed E-state index contributed by atoms with van der Waals surface area (Å²) in [5.74, 6) is 0.0601. The van der Waals surface area contributed by atoms with E-state index >= 15 is 0 Å². The average Bonchev–Trinajstić information content (AvgIpc) is 2.29. The molecule has 0 amide bonds. The van der Waals surface area contributed by atoms with E-state index in [2.05, 4.69) is 5.32 Å². The lowest BCUT2D eigenvalue weighted by Crippen LogP contribution is -2.21. The van der Waals surface area contributed by atoms with E-state index in [1.165, 1.54) is 0 Å². The van der Waals surface area contributed by atoms with Crippen LogP contribution in [-0.2, 0) is 6.54 Å². The quantitative estimate of drug-likeness (QED) is 0.776. The summed E-state index contributed by atoms with van der Waals surface area (Å²) in [6.07, 6.45) is 0. The molecule has 3 N–H and O–H groups in total. The first-order valence-corrected chi connectivity index (χ1v) is 4.84. The van der Waals surface area contributed by atoms with Crippen molar-refractivity contribution in [3.05, 3.63) is 46.2 Å². The van der Waals surface area contributed by atoms with Crippen LogP contribution in [-0.4, -0.2) is 0 Å². The molecule has 0 unspecified atom stereocenters. The van der Waals surface area contributed by atoms with Gasteiger partial charge in [-0.05, 0) is 11.6 Å². The Morgan fingerprint density at radius 3 is 2.50 bits per heavy atom. The molecule has 0 aliphatic rings. The van der Waals surface area contributed by atoms with Crippen molar-refractivity contribution in [2.45, 2.75) is 6.54 Å². The molecule has 0 spiro atoms. The van der Waals surface area contributed by atoms with Gasteiger partial charge in [-0.15, -0.1) is 0 Å². The van der Waals surface area contributed by atoms with Gasteiger partial charge in [0.15, 0.2) is 5.57 Å². The van der Waals surface area contributed by atoms with Crippen LogP contribution in [0.3, 0.4) is 0 Å². The van der Waals surface area contributed by atoms with Crippen molar-refractivity contribution in [1.82, 2.24) is 5.32 Å². The van der Waals surface area contributed by atoms with Crippen molar-refractivity contribution in [3.8, 4) is 12.1 Å². The van der Waals surface area contributed by atoms with Crippen LogP contribution in [0, 0.1) is 22.7 Å². The molecule has 0 saturated heterocycles. The lowest BCUT2D eigenvalue weighted by atomic mass is 10.2. The average molecular weight is 233 g/mol. The summed E-state index contributed by atoms with van der Waals surface area (Å²) in [7, 11) is 0. The van der Waals surface area contributed by atoms with Crippen molar-refractivity contribution >= 4 is 11.6 Å². The van der Waals surface area contributed by atoms with Crippen LogP contribution in [0.1, 0.15) is 5.56 Å². The Morgan fingerprint density at radius 1 is 1.31 bits per heavy atom. The van der Waals surface area contributed by atoms with Gasteiger partial charge in [0.1, 0.15) is 18.0 Å². The maximum absolute atomic E-state index is 8.57. The zero-order chi connectivity index (χ0) is 12.0. The fraction of sp³-hybridized carbons (Fsp3) is 0.0909. The highest BCUT2D eigenvalue weighted by Crippen LogP contribution is 2.14. The molecule has 0 aliphatic carbocycles. The minimum absolute atomic E-state index is 0.0601. The van der Waals surface area contributed by atoms with Crippen molar-refractivity contribution in [2.24, 2.45) is 5.73 Å². The Kier molecular flexibility index (Phi) is 4.20. The number of nitrogens with two attached hydrogens (primary N) is 1. The molecule has 80 valence electrons. The SMILES string of the molecule is N#CC(C#N)=C(N)NCc1ccccc1Cl. The standard InChI is InChI=1S/C11H9ClN4/c12-10-4-2-1-3-8(10)7-16-11(15)9(5-13)6-14/h1-4,16H,7,15H2. The summed E-state index contributed by atoms with van der Waals surface area (Å²) < 4.78 is 0. The summed E-state index contributed by atoms with van der Waals surface area (Å²) in [6, 6.07) is 10.7. The van der Waals surface area contributed by atoms with E-state index in [1.54, 1.807) is 18.2 Å². The lowest BCUT2D eigenvalue weighted by molar-refractivity contribution is 0.795. The minimum Gasteiger partial charge on any atom is -0.384 e. The monoisotopic (exact) mass is 232 g/mol. The zero-order valence-corrected chi connectivity index (χ0v) is 9.12. The van der Waals surface area contributed by atoms with Gasteiger partial charge in [0.2, 0.25) is 0 Å². The molecule has 1 aromatic carbocycles. The Morgan fingerprint density at radius 2 is 1.94 bits per heavy atom. The molecule has 16 heavy (non-hydrogen) atoms. The number of halogens is 1. The summed E-state index contributed by atoms with van der Waals surface area (Å²) in [5, 5.41) is 20.5. The van der Waals surface area contributed by atoms with Crippen molar-refractivity contribution < 1.29 is 0 Å². The fourth-order valence-electron chi connectivity index (χ4n) is 1.07. The van der Waals surface area contributed by atoms with E-state index in [0.717, 1.165) is 5.56 Å². The van der Waals surface area contributed by atoms with Crippen LogP contribution < -0.4 is 11.1 Å². The highest BCUT2D eigenvalue weighted by atomic mass is 35.5. The Hall–Kier alpha value is -2.17. The second-order valence-electron chi connectivity index (χ2n) is 2.96. The minimum atomic E-state index is -0.132. The number of benzene rings is 1. The molecule has 0 radical (unpaired) electrons. The Bertz CT molecular complexity index is 477. The van der Waals surface area contributed by atoms with Crippen LogP contribution in [0.25, 0.3) is 0 Å². The smallest absolute Gasteiger partial charge is 0.169 e. The van der Waals surface area contributed by atoms with Gasteiger partial charge in [-0.3, -0.25) is 0 Å². The van der Waals surface area contributed by atoms with Crippen LogP contribution >= 0.6 is 11.6 Å². The number of nitrogens with zero attached hydrogens (tertiary/aromatic N) is 2. The van der Waals surface area contributed by atoms with E-state index in [-0.39, 0.29) is 11.4 Å². The first-order chi connectivity index (χ1) is 7.69. The van der Waals surface area contributed by atoms with Crippen molar-refractivity contribution in [3.63, 3.8) is 0 Å². The first kappa shape index (κ1) is 11.9.